The number of hydrogen-bond acceptors (Lipinski definition) is 5. The van der Waals surface area contributed by atoms with Gasteiger partial charge in [-0.15, -0.1) is 0 Å². The van der Waals surface area contributed by atoms with Crippen LogP contribution >= 0.6 is 0 Å². The molecule has 0 aliphatic rings. The highest BCUT2D eigenvalue weighted by Crippen LogP contribution is 2.24. The van der Waals surface area contributed by atoms with Crippen LogP contribution in [0.15, 0.2) is 83.3 Å². The van der Waals surface area contributed by atoms with Crippen molar-refractivity contribution < 1.29 is 23.8 Å². The van der Waals surface area contributed by atoms with Gasteiger partial charge >= 0.3 is 5.97 Å². The van der Waals surface area contributed by atoms with Crippen molar-refractivity contribution in [2.45, 2.75) is 32.7 Å². The molecular weight excluding hydrogens is 468 g/mol. The van der Waals surface area contributed by atoms with Crippen LogP contribution in [0.25, 0.3) is 11.5 Å². The summed E-state index contributed by atoms with van der Waals surface area (Å²) in [6.07, 6.45) is 0.744. The van der Waals surface area contributed by atoms with E-state index in [1.54, 1.807) is 30.1 Å². The van der Waals surface area contributed by atoms with E-state index in [-0.39, 0.29) is 18.7 Å². The number of rotatable bonds is 11. The average molecular weight is 499 g/mol. The lowest BCUT2D eigenvalue weighted by molar-refractivity contribution is -0.136. The van der Waals surface area contributed by atoms with Gasteiger partial charge in [-0.05, 0) is 48.7 Å². The van der Waals surface area contributed by atoms with Crippen LogP contribution in [0.1, 0.15) is 39.4 Å². The Kier molecular flexibility index (Phi) is 8.36. The standard InChI is InChI=1S/C30H30N2O5/c1-21-27(31-29(37-21)24-11-7-4-8-12-24)17-18-36-25-15-13-23(14-16-28(33)34)26(19-25)30(35)32(2)20-22-9-5-3-6-10-22/h3-13,15,19H,14,16-18,20H2,1-2H3,(H,33,34). The van der Waals surface area contributed by atoms with E-state index in [0.717, 1.165) is 22.6 Å². The van der Waals surface area contributed by atoms with Gasteiger partial charge < -0.3 is 19.2 Å². The highest BCUT2D eigenvalue weighted by molar-refractivity contribution is 5.96. The fourth-order valence-electron chi connectivity index (χ4n) is 4.07. The molecule has 0 unspecified atom stereocenters. The molecule has 3 aromatic carbocycles. The SMILES string of the molecule is Cc1oc(-c2ccccc2)nc1CCOc1ccc(CCC(=O)O)c(C(=O)N(C)Cc2ccccc2)c1. The van der Waals surface area contributed by atoms with Crippen LogP contribution in [0.2, 0.25) is 0 Å². The second-order valence-electron chi connectivity index (χ2n) is 8.85. The Hall–Kier alpha value is -4.39. The van der Waals surface area contributed by atoms with E-state index in [1.165, 1.54) is 0 Å². The van der Waals surface area contributed by atoms with Crippen molar-refractivity contribution in [3.8, 4) is 17.2 Å². The van der Waals surface area contributed by atoms with Crippen LogP contribution < -0.4 is 4.74 Å². The molecule has 0 aliphatic carbocycles. The van der Waals surface area contributed by atoms with E-state index >= 15 is 0 Å². The maximum Gasteiger partial charge on any atom is 0.303 e. The summed E-state index contributed by atoms with van der Waals surface area (Å²) in [7, 11) is 1.74. The lowest BCUT2D eigenvalue weighted by Crippen LogP contribution is -2.27. The average Bonchev–Trinajstić information content (AvgIpc) is 3.28. The van der Waals surface area contributed by atoms with Gasteiger partial charge in [-0.1, -0.05) is 54.6 Å². The number of carbonyl (C=O) groups is 2. The number of carboxylic acid groups (broad SMARTS) is 1. The van der Waals surface area contributed by atoms with Gasteiger partial charge in [0.25, 0.3) is 5.91 Å². The van der Waals surface area contributed by atoms with Crippen molar-refractivity contribution in [2.24, 2.45) is 0 Å². The Morgan fingerprint density at radius 3 is 2.38 bits per heavy atom. The summed E-state index contributed by atoms with van der Waals surface area (Å²) in [5, 5.41) is 9.15. The molecule has 0 saturated carbocycles. The first-order valence-corrected chi connectivity index (χ1v) is 12.2. The summed E-state index contributed by atoms with van der Waals surface area (Å²) in [4.78, 5) is 30.7. The third-order valence-electron chi connectivity index (χ3n) is 6.05. The lowest BCUT2D eigenvalue weighted by Gasteiger charge is -2.20. The van der Waals surface area contributed by atoms with Crippen molar-refractivity contribution in [3.05, 3.63) is 107 Å². The molecule has 0 aliphatic heterocycles. The minimum absolute atomic E-state index is 0.0575. The number of carbonyl (C=O) groups excluding carboxylic acids is 1. The molecule has 1 amide bonds. The number of carboxylic acids is 1. The van der Waals surface area contributed by atoms with Crippen LogP contribution in [-0.4, -0.2) is 40.5 Å². The number of ether oxygens (including phenoxy) is 1. The molecule has 7 nitrogen and oxygen atoms in total. The Bertz CT molecular complexity index is 1350. The number of amides is 1. The fraction of sp³-hybridized carbons (Fsp3) is 0.233. The van der Waals surface area contributed by atoms with Crippen molar-refractivity contribution in [1.29, 1.82) is 0 Å². The molecule has 190 valence electrons. The molecule has 37 heavy (non-hydrogen) atoms. The number of hydrogen-bond donors (Lipinski definition) is 1. The summed E-state index contributed by atoms with van der Waals surface area (Å²) in [6, 6.07) is 24.7. The van der Waals surface area contributed by atoms with Crippen LogP contribution in [0.5, 0.6) is 5.75 Å². The number of nitrogens with zero attached hydrogens (tertiary/aromatic N) is 2. The number of aliphatic carboxylic acids is 1. The third kappa shape index (κ3) is 6.85. The molecule has 1 N–H and O–H groups in total. The van der Waals surface area contributed by atoms with Crippen molar-refractivity contribution in [2.75, 3.05) is 13.7 Å². The smallest absolute Gasteiger partial charge is 0.303 e. The molecule has 4 rings (SSSR count). The van der Waals surface area contributed by atoms with Gasteiger partial charge in [0.2, 0.25) is 5.89 Å². The van der Waals surface area contributed by atoms with Gasteiger partial charge in [0.05, 0.1) is 12.3 Å². The predicted molar refractivity (Wildman–Crippen MR) is 141 cm³/mol. The third-order valence-corrected chi connectivity index (χ3v) is 6.05. The minimum atomic E-state index is -0.908. The minimum Gasteiger partial charge on any atom is -0.493 e. The maximum absolute atomic E-state index is 13.3. The largest absolute Gasteiger partial charge is 0.493 e. The topological polar surface area (TPSA) is 92.9 Å². The molecule has 0 saturated heterocycles. The molecular formula is C30H30N2O5. The van der Waals surface area contributed by atoms with E-state index in [2.05, 4.69) is 4.98 Å². The van der Waals surface area contributed by atoms with Crippen LogP contribution in [0, 0.1) is 6.92 Å². The summed E-state index contributed by atoms with van der Waals surface area (Å²) in [5.74, 6) is 0.763. The van der Waals surface area contributed by atoms with E-state index in [4.69, 9.17) is 14.3 Å². The molecule has 0 atom stereocenters. The van der Waals surface area contributed by atoms with E-state index < -0.39 is 5.97 Å². The van der Waals surface area contributed by atoms with Crippen LogP contribution in [0.4, 0.5) is 0 Å². The molecule has 4 aromatic rings. The Morgan fingerprint density at radius 1 is 0.973 bits per heavy atom. The highest BCUT2D eigenvalue weighted by atomic mass is 16.5. The first-order valence-electron chi connectivity index (χ1n) is 12.2. The summed E-state index contributed by atoms with van der Waals surface area (Å²) in [6.45, 7) is 2.67. The molecule has 0 bridgehead atoms. The lowest BCUT2D eigenvalue weighted by atomic mass is 10.0. The Labute approximate surface area is 216 Å². The summed E-state index contributed by atoms with van der Waals surface area (Å²) in [5.41, 5.74) is 3.87. The normalized spacial score (nSPS) is 10.8. The molecule has 1 aromatic heterocycles. The second kappa shape index (κ2) is 12.0. The van der Waals surface area contributed by atoms with Gasteiger partial charge in [0.1, 0.15) is 11.5 Å². The molecule has 0 fully saturated rings. The zero-order valence-corrected chi connectivity index (χ0v) is 21.0. The first kappa shape index (κ1) is 25.7. The van der Waals surface area contributed by atoms with Gasteiger partial charge in [0.15, 0.2) is 0 Å². The van der Waals surface area contributed by atoms with E-state index in [1.807, 2.05) is 67.6 Å². The monoisotopic (exact) mass is 498 g/mol. The maximum atomic E-state index is 13.3. The number of benzene rings is 3. The molecule has 7 heteroatoms. The molecule has 0 radical (unpaired) electrons. The van der Waals surface area contributed by atoms with Gasteiger partial charge in [-0.25, -0.2) is 4.98 Å². The van der Waals surface area contributed by atoms with Gasteiger partial charge in [-0.2, -0.15) is 0 Å². The zero-order valence-electron chi connectivity index (χ0n) is 21.0. The van der Waals surface area contributed by atoms with Crippen LogP contribution in [0.3, 0.4) is 0 Å². The summed E-state index contributed by atoms with van der Waals surface area (Å²) >= 11 is 0. The Balaban J connectivity index is 1.46. The first-order chi connectivity index (χ1) is 17.9. The number of aromatic nitrogens is 1. The molecule has 1 heterocycles. The number of aryl methyl sites for hydroxylation is 2. The predicted octanol–water partition coefficient (Wildman–Crippen LogP) is 5.56. The van der Waals surface area contributed by atoms with Crippen molar-refractivity contribution in [1.82, 2.24) is 9.88 Å². The summed E-state index contributed by atoms with van der Waals surface area (Å²) < 4.78 is 11.8. The quantitative estimate of drug-likeness (QED) is 0.291. The van der Waals surface area contributed by atoms with Gasteiger partial charge in [0, 0.05) is 37.6 Å². The van der Waals surface area contributed by atoms with Crippen molar-refractivity contribution >= 4 is 11.9 Å². The van der Waals surface area contributed by atoms with Crippen LogP contribution in [-0.2, 0) is 24.2 Å². The Morgan fingerprint density at radius 2 is 1.68 bits per heavy atom. The van der Waals surface area contributed by atoms with E-state index in [0.29, 0.717) is 42.3 Å². The van der Waals surface area contributed by atoms with E-state index in [9.17, 15) is 9.59 Å². The number of oxazole rings is 1. The van der Waals surface area contributed by atoms with Gasteiger partial charge in [-0.3, -0.25) is 9.59 Å². The fourth-order valence-corrected chi connectivity index (χ4v) is 4.07. The van der Waals surface area contributed by atoms with Crippen molar-refractivity contribution in [3.63, 3.8) is 0 Å². The second-order valence-corrected chi connectivity index (χ2v) is 8.85. The highest BCUT2D eigenvalue weighted by Gasteiger charge is 2.18. The zero-order chi connectivity index (χ0) is 26.2. The molecule has 0 spiro atoms.